The van der Waals surface area contributed by atoms with Gasteiger partial charge in [-0.3, -0.25) is 14.8 Å². The lowest BCUT2D eigenvalue weighted by Crippen LogP contribution is -2.32. The summed E-state index contributed by atoms with van der Waals surface area (Å²) < 4.78 is 2.00. The summed E-state index contributed by atoms with van der Waals surface area (Å²) in [4.78, 5) is 28.3. The number of imidazole rings is 1. The van der Waals surface area contributed by atoms with E-state index in [-0.39, 0.29) is 11.9 Å². The van der Waals surface area contributed by atoms with Crippen LogP contribution in [-0.2, 0) is 11.2 Å². The van der Waals surface area contributed by atoms with E-state index in [0.29, 0.717) is 6.42 Å². The number of likely N-dealkylation sites (tertiary alicyclic amines) is 1. The number of fused-ring (bicyclic) bond motifs is 1. The molecular formula is C19H21N5O. The molecule has 4 rings (SSSR count). The van der Waals surface area contributed by atoms with Crippen molar-refractivity contribution in [2.24, 2.45) is 0 Å². The highest BCUT2D eigenvalue weighted by Crippen LogP contribution is 2.31. The van der Waals surface area contributed by atoms with Crippen LogP contribution in [-0.4, -0.2) is 36.7 Å². The van der Waals surface area contributed by atoms with E-state index in [9.17, 15) is 4.79 Å². The van der Waals surface area contributed by atoms with Crippen molar-refractivity contribution >= 4 is 11.6 Å². The monoisotopic (exact) mass is 335 g/mol. The Bertz CT molecular complexity index is 932. The Morgan fingerprint density at radius 2 is 2.12 bits per heavy atom. The van der Waals surface area contributed by atoms with Crippen molar-refractivity contribution in [1.29, 1.82) is 0 Å². The fourth-order valence-corrected chi connectivity index (χ4v) is 3.64. The minimum absolute atomic E-state index is 0.0272. The Balaban J connectivity index is 1.60. The Morgan fingerprint density at radius 1 is 1.24 bits per heavy atom. The second-order valence-corrected chi connectivity index (χ2v) is 6.58. The van der Waals surface area contributed by atoms with Crippen LogP contribution >= 0.6 is 0 Å². The van der Waals surface area contributed by atoms with Crippen LogP contribution in [0, 0.1) is 13.8 Å². The number of hydrogen-bond donors (Lipinski definition) is 0. The average molecular weight is 335 g/mol. The van der Waals surface area contributed by atoms with Crippen molar-refractivity contribution in [3.05, 3.63) is 59.6 Å². The maximum Gasteiger partial charge on any atom is 0.229 e. The third-order valence-corrected chi connectivity index (χ3v) is 4.84. The van der Waals surface area contributed by atoms with Crippen molar-refractivity contribution in [3.8, 4) is 0 Å². The number of aryl methyl sites for hydroxylation is 2. The Kier molecular flexibility index (Phi) is 3.95. The number of amides is 1. The molecule has 4 heterocycles. The summed E-state index contributed by atoms with van der Waals surface area (Å²) in [6.45, 7) is 4.66. The van der Waals surface area contributed by atoms with Gasteiger partial charge >= 0.3 is 0 Å². The minimum Gasteiger partial charge on any atom is -0.334 e. The highest BCUT2D eigenvalue weighted by molar-refractivity contribution is 5.79. The second kappa shape index (κ2) is 6.27. The molecular weight excluding hydrogens is 314 g/mol. The molecule has 0 radical (unpaired) electrons. The maximum atomic E-state index is 13.0. The number of nitrogens with zero attached hydrogens (tertiary/aromatic N) is 5. The van der Waals surface area contributed by atoms with Gasteiger partial charge in [-0.25, -0.2) is 4.98 Å². The lowest BCUT2D eigenvalue weighted by molar-refractivity contribution is -0.131. The molecule has 1 atom stereocenters. The highest BCUT2D eigenvalue weighted by Gasteiger charge is 2.31. The van der Waals surface area contributed by atoms with Crippen molar-refractivity contribution in [2.75, 3.05) is 6.54 Å². The summed E-state index contributed by atoms with van der Waals surface area (Å²) in [6, 6.07) is 5.91. The van der Waals surface area contributed by atoms with Crippen molar-refractivity contribution in [2.45, 2.75) is 39.2 Å². The molecule has 0 bridgehead atoms. The van der Waals surface area contributed by atoms with Crippen LogP contribution in [0.5, 0.6) is 0 Å². The van der Waals surface area contributed by atoms with Crippen LogP contribution < -0.4 is 0 Å². The van der Waals surface area contributed by atoms with E-state index >= 15 is 0 Å². The Hall–Kier alpha value is -2.76. The number of hydrogen-bond acceptors (Lipinski definition) is 4. The molecule has 6 nitrogen and oxygen atoms in total. The standard InChI is InChI=1S/C19H21N5O/c1-13-11-20-12-15(21-13)16-6-5-9-24(16)19(25)10-17-14(2)22-18-7-3-4-8-23(17)18/h3-4,7-8,11-12,16H,5-6,9-10H2,1-2H3/t16-/m0/s1. The number of pyridine rings is 1. The molecule has 1 fully saturated rings. The summed E-state index contributed by atoms with van der Waals surface area (Å²) in [7, 11) is 0. The van der Waals surface area contributed by atoms with Gasteiger partial charge < -0.3 is 9.30 Å². The first-order valence-electron chi connectivity index (χ1n) is 8.64. The van der Waals surface area contributed by atoms with Gasteiger partial charge in [0.2, 0.25) is 5.91 Å². The summed E-state index contributed by atoms with van der Waals surface area (Å²) in [5.41, 5.74) is 4.52. The Labute approximate surface area is 146 Å². The summed E-state index contributed by atoms with van der Waals surface area (Å²) in [5.74, 6) is 0.125. The first kappa shape index (κ1) is 15.7. The average Bonchev–Trinajstić information content (AvgIpc) is 3.20. The fourth-order valence-electron chi connectivity index (χ4n) is 3.64. The molecule has 1 aliphatic heterocycles. The van der Waals surface area contributed by atoms with Crippen molar-refractivity contribution in [1.82, 2.24) is 24.3 Å². The maximum absolute atomic E-state index is 13.0. The lowest BCUT2D eigenvalue weighted by atomic mass is 10.1. The van der Waals surface area contributed by atoms with Crippen LogP contribution in [0.15, 0.2) is 36.8 Å². The molecule has 0 spiro atoms. The number of aromatic nitrogens is 4. The zero-order chi connectivity index (χ0) is 17.4. The van der Waals surface area contributed by atoms with Crippen LogP contribution in [0.25, 0.3) is 5.65 Å². The van der Waals surface area contributed by atoms with E-state index in [1.807, 2.05) is 47.5 Å². The van der Waals surface area contributed by atoms with Crippen molar-refractivity contribution < 1.29 is 4.79 Å². The van der Waals surface area contributed by atoms with E-state index in [0.717, 1.165) is 47.8 Å². The zero-order valence-electron chi connectivity index (χ0n) is 14.5. The molecule has 0 aromatic carbocycles. The first-order chi connectivity index (χ1) is 12.1. The van der Waals surface area contributed by atoms with Gasteiger partial charge in [-0.15, -0.1) is 0 Å². The fraction of sp³-hybridized carbons (Fsp3) is 0.368. The number of carbonyl (C=O) groups is 1. The van der Waals surface area contributed by atoms with Gasteiger partial charge in [-0.1, -0.05) is 6.07 Å². The molecule has 6 heteroatoms. The van der Waals surface area contributed by atoms with Crippen LogP contribution in [0.3, 0.4) is 0 Å². The van der Waals surface area contributed by atoms with Crippen LogP contribution in [0.1, 0.15) is 41.7 Å². The zero-order valence-corrected chi connectivity index (χ0v) is 14.5. The lowest BCUT2D eigenvalue weighted by Gasteiger charge is -2.24. The third-order valence-electron chi connectivity index (χ3n) is 4.84. The van der Waals surface area contributed by atoms with Crippen LogP contribution in [0.4, 0.5) is 0 Å². The molecule has 0 saturated carbocycles. The molecule has 3 aromatic rings. The highest BCUT2D eigenvalue weighted by atomic mass is 16.2. The summed E-state index contributed by atoms with van der Waals surface area (Å²) in [5, 5.41) is 0. The third kappa shape index (κ3) is 2.88. The van der Waals surface area contributed by atoms with Gasteiger partial charge in [0.15, 0.2) is 0 Å². The number of rotatable bonds is 3. The minimum atomic E-state index is 0.0272. The van der Waals surface area contributed by atoms with Gasteiger partial charge in [0.25, 0.3) is 0 Å². The predicted octanol–water partition coefficient (Wildman–Crippen LogP) is 2.65. The Morgan fingerprint density at radius 3 is 2.96 bits per heavy atom. The molecule has 1 aliphatic rings. The molecule has 1 amide bonds. The van der Waals surface area contributed by atoms with E-state index in [1.54, 1.807) is 12.4 Å². The predicted molar refractivity (Wildman–Crippen MR) is 94.1 cm³/mol. The van der Waals surface area contributed by atoms with E-state index in [4.69, 9.17) is 0 Å². The first-order valence-corrected chi connectivity index (χ1v) is 8.64. The van der Waals surface area contributed by atoms with Gasteiger partial charge in [0.05, 0.1) is 41.4 Å². The van der Waals surface area contributed by atoms with Crippen molar-refractivity contribution in [3.63, 3.8) is 0 Å². The molecule has 128 valence electrons. The van der Waals surface area contributed by atoms with E-state index in [1.165, 1.54) is 0 Å². The van der Waals surface area contributed by atoms with Gasteiger partial charge in [0, 0.05) is 18.9 Å². The van der Waals surface area contributed by atoms with E-state index in [2.05, 4.69) is 15.0 Å². The molecule has 3 aromatic heterocycles. The molecule has 25 heavy (non-hydrogen) atoms. The summed E-state index contributed by atoms with van der Waals surface area (Å²) >= 11 is 0. The summed E-state index contributed by atoms with van der Waals surface area (Å²) in [6.07, 6.45) is 7.78. The van der Waals surface area contributed by atoms with Gasteiger partial charge in [-0.2, -0.15) is 0 Å². The smallest absolute Gasteiger partial charge is 0.229 e. The van der Waals surface area contributed by atoms with Gasteiger partial charge in [0.1, 0.15) is 5.65 Å². The molecule has 0 N–H and O–H groups in total. The normalized spacial score (nSPS) is 17.4. The molecule has 0 aliphatic carbocycles. The van der Waals surface area contributed by atoms with Crippen LogP contribution in [0.2, 0.25) is 0 Å². The second-order valence-electron chi connectivity index (χ2n) is 6.58. The quantitative estimate of drug-likeness (QED) is 0.738. The SMILES string of the molecule is Cc1cncc([C@@H]2CCCN2C(=O)Cc2c(C)nc3ccccn23)n1. The largest absolute Gasteiger partial charge is 0.334 e. The van der Waals surface area contributed by atoms with Gasteiger partial charge in [-0.05, 0) is 38.8 Å². The number of carbonyl (C=O) groups excluding carboxylic acids is 1. The molecule has 1 saturated heterocycles. The molecule has 0 unspecified atom stereocenters. The topological polar surface area (TPSA) is 63.4 Å². The van der Waals surface area contributed by atoms with E-state index < -0.39 is 0 Å².